The summed E-state index contributed by atoms with van der Waals surface area (Å²) in [5.74, 6) is -3.15. The second kappa shape index (κ2) is 9.86. The van der Waals surface area contributed by atoms with E-state index in [4.69, 9.17) is 5.73 Å². The lowest BCUT2D eigenvalue weighted by atomic mass is 9.76. The second-order valence-corrected chi connectivity index (χ2v) is 8.44. The first-order chi connectivity index (χ1) is 16.0. The Morgan fingerprint density at radius 2 is 1.45 bits per heavy atom. The van der Waals surface area contributed by atoms with Crippen LogP contribution in [0.25, 0.3) is 0 Å². The topological polar surface area (TPSA) is 83.6 Å². The average molecular weight is 447 g/mol. The molecule has 3 aromatic rings. The van der Waals surface area contributed by atoms with Crippen LogP contribution in [0.5, 0.6) is 0 Å². The summed E-state index contributed by atoms with van der Waals surface area (Å²) in [6.45, 7) is 1.86. The number of carboxylic acids is 1. The smallest absolute Gasteiger partial charge is 0.335 e. The largest absolute Gasteiger partial charge is 0.478 e. The number of carbonyl (C=O) groups is 2. The Morgan fingerprint density at radius 3 is 2.06 bits per heavy atom. The summed E-state index contributed by atoms with van der Waals surface area (Å²) in [6, 6.07) is 20.4. The number of amides is 1. The Kier molecular flexibility index (Phi) is 6.73. The predicted octanol–water partition coefficient (Wildman–Crippen LogP) is 4.92. The molecule has 0 saturated carbocycles. The Hall–Kier alpha value is -3.67. The number of nitrogens with two attached hydrogens (primary N) is 1. The molecule has 0 bridgehead atoms. The van der Waals surface area contributed by atoms with Gasteiger partial charge in [-0.2, -0.15) is 0 Å². The number of aromatic carboxylic acids is 1. The van der Waals surface area contributed by atoms with E-state index in [1.54, 1.807) is 24.3 Å². The molecule has 1 amide bonds. The number of nitrogens with zero attached hydrogens (tertiary/aromatic N) is 1. The summed E-state index contributed by atoms with van der Waals surface area (Å²) in [7, 11) is 0. The molecule has 3 aromatic carbocycles. The number of hydrogen-bond acceptors (Lipinski definition) is 3. The number of para-hydroxylation sites is 1. The van der Waals surface area contributed by atoms with Crippen molar-refractivity contribution in [3.05, 3.63) is 101 Å². The molecular weight excluding hydrogens is 419 g/mol. The van der Waals surface area contributed by atoms with Crippen molar-refractivity contribution in [3.8, 4) is 0 Å². The van der Waals surface area contributed by atoms with E-state index in [-0.39, 0.29) is 11.4 Å². The fourth-order valence-corrected chi connectivity index (χ4v) is 4.75. The maximum absolute atomic E-state index is 13.8. The van der Waals surface area contributed by atoms with Crippen LogP contribution in [0.3, 0.4) is 0 Å². The van der Waals surface area contributed by atoms with Crippen molar-refractivity contribution in [2.75, 3.05) is 18.0 Å². The van der Waals surface area contributed by atoms with Crippen LogP contribution in [0, 0.1) is 5.82 Å². The van der Waals surface area contributed by atoms with E-state index in [1.165, 1.54) is 30.7 Å². The fraction of sp³-hybridized carbons (Fsp3) is 0.259. The highest BCUT2D eigenvalue weighted by atomic mass is 19.1. The Morgan fingerprint density at radius 1 is 0.848 bits per heavy atom. The number of piperidine rings is 1. The summed E-state index contributed by atoms with van der Waals surface area (Å²) < 4.78 is 13.8. The van der Waals surface area contributed by atoms with E-state index >= 15 is 0 Å². The third-order valence-electron chi connectivity index (χ3n) is 6.35. The van der Waals surface area contributed by atoms with Crippen LogP contribution in [0.1, 0.15) is 58.1 Å². The Bertz CT molecular complexity index is 1120. The summed E-state index contributed by atoms with van der Waals surface area (Å²) in [6.07, 6.45) is 3.40. The molecule has 0 aromatic heterocycles. The van der Waals surface area contributed by atoms with Crippen LogP contribution < -0.4 is 10.6 Å². The van der Waals surface area contributed by atoms with Crippen LogP contribution in [0.2, 0.25) is 0 Å². The normalized spacial score (nSPS) is 15.6. The van der Waals surface area contributed by atoms with Crippen LogP contribution in [0.15, 0.2) is 72.8 Å². The number of primary amides is 1. The van der Waals surface area contributed by atoms with E-state index in [9.17, 15) is 19.1 Å². The van der Waals surface area contributed by atoms with Gasteiger partial charge in [0.05, 0.1) is 11.5 Å². The highest BCUT2D eigenvalue weighted by Gasteiger charge is 2.33. The predicted molar refractivity (Wildman–Crippen MR) is 126 cm³/mol. The summed E-state index contributed by atoms with van der Waals surface area (Å²) in [5.41, 5.74) is 9.47. The first-order valence-corrected chi connectivity index (χ1v) is 11.2. The molecule has 33 heavy (non-hydrogen) atoms. The van der Waals surface area contributed by atoms with Gasteiger partial charge in [0.1, 0.15) is 5.82 Å². The van der Waals surface area contributed by atoms with Crippen LogP contribution in [-0.4, -0.2) is 30.1 Å². The molecule has 0 aliphatic carbocycles. The highest BCUT2D eigenvalue weighted by Crippen LogP contribution is 2.43. The Labute approximate surface area is 192 Å². The molecule has 1 aliphatic rings. The van der Waals surface area contributed by atoms with Gasteiger partial charge in [0.25, 0.3) is 0 Å². The first-order valence-electron chi connectivity index (χ1n) is 11.2. The van der Waals surface area contributed by atoms with Crippen molar-refractivity contribution in [2.24, 2.45) is 5.73 Å². The van der Waals surface area contributed by atoms with Gasteiger partial charge in [-0.05, 0) is 66.3 Å². The number of anilines is 1. The number of benzene rings is 3. The molecule has 1 saturated heterocycles. The average Bonchev–Trinajstić information content (AvgIpc) is 2.84. The molecule has 1 heterocycles. The quantitative estimate of drug-likeness (QED) is 0.540. The van der Waals surface area contributed by atoms with Gasteiger partial charge in [0, 0.05) is 24.7 Å². The minimum absolute atomic E-state index is 0.133. The fourth-order valence-electron chi connectivity index (χ4n) is 4.75. The van der Waals surface area contributed by atoms with Crippen molar-refractivity contribution >= 4 is 17.6 Å². The SMILES string of the molecule is NC(=O)C(c1ccc(C(=O)O)cc1)C(c1ccc(F)cc1)c1ccccc1N1CCCCC1. The molecule has 4 rings (SSSR count). The minimum Gasteiger partial charge on any atom is -0.478 e. The molecule has 170 valence electrons. The number of carbonyl (C=O) groups excluding carboxylic acids is 1. The lowest BCUT2D eigenvalue weighted by Gasteiger charge is -2.34. The molecule has 0 radical (unpaired) electrons. The number of hydrogen-bond donors (Lipinski definition) is 2. The highest BCUT2D eigenvalue weighted by molar-refractivity contribution is 5.88. The van der Waals surface area contributed by atoms with Gasteiger partial charge in [-0.25, -0.2) is 9.18 Å². The lowest BCUT2D eigenvalue weighted by Crippen LogP contribution is -2.32. The molecule has 6 heteroatoms. The van der Waals surface area contributed by atoms with Crippen LogP contribution in [0.4, 0.5) is 10.1 Å². The lowest BCUT2D eigenvalue weighted by molar-refractivity contribution is -0.119. The molecule has 1 aliphatic heterocycles. The van der Waals surface area contributed by atoms with E-state index in [2.05, 4.69) is 11.0 Å². The molecule has 3 N–H and O–H groups in total. The van der Waals surface area contributed by atoms with E-state index in [0.717, 1.165) is 42.7 Å². The van der Waals surface area contributed by atoms with Gasteiger partial charge in [0.2, 0.25) is 5.91 Å². The first kappa shape index (κ1) is 22.5. The van der Waals surface area contributed by atoms with Gasteiger partial charge in [0.15, 0.2) is 0 Å². The molecular formula is C27H27FN2O3. The summed E-state index contributed by atoms with van der Waals surface area (Å²) in [4.78, 5) is 26.5. The second-order valence-electron chi connectivity index (χ2n) is 8.44. The van der Waals surface area contributed by atoms with Crippen molar-refractivity contribution in [3.63, 3.8) is 0 Å². The third kappa shape index (κ3) is 4.90. The zero-order valence-corrected chi connectivity index (χ0v) is 18.3. The van der Waals surface area contributed by atoms with Crippen molar-refractivity contribution in [1.29, 1.82) is 0 Å². The summed E-state index contributed by atoms with van der Waals surface area (Å²) in [5, 5.41) is 9.26. The molecule has 5 nitrogen and oxygen atoms in total. The maximum Gasteiger partial charge on any atom is 0.335 e. The van der Waals surface area contributed by atoms with E-state index in [1.807, 2.05) is 18.2 Å². The zero-order chi connectivity index (χ0) is 23.4. The maximum atomic E-state index is 13.8. The third-order valence-corrected chi connectivity index (χ3v) is 6.35. The van der Waals surface area contributed by atoms with Gasteiger partial charge >= 0.3 is 5.97 Å². The van der Waals surface area contributed by atoms with Gasteiger partial charge in [-0.1, -0.05) is 42.5 Å². The van der Waals surface area contributed by atoms with E-state index in [0.29, 0.717) is 5.56 Å². The molecule has 2 atom stereocenters. The van der Waals surface area contributed by atoms with Gasteiger partial charge in [-0.3, -0.25) is 4.79 Å². The van der Waals surface area contributed by atoms with Crippen LogP contribution in [-0.2, 0) is 4.79 Å². The molecule has 1 fully saturated rings. The molecule has 2 unspecified atom stereocenters. The summed E-state index contributed by atoms with van der Waals surface area (Å²) >= 11 is 0. The molecule has 0 spiro atoms. The van der Waals surface area contributed by atoms with Crippen LogP contribution >= 0.6 is 0 Å². The number of carboxylic acid groups (broad SMARTS) is 1. The van der Waals surface area contributed by atoms with Gasteiger partial charge < -0.3 is 15.7 Å². The Balaban J connectivity index is 1.87. The van der Waals surface area contributed by atoms with E-state index < -0.39 is 23.7 Å². The number of rotatable bonds is 7. The number of halogens is 1. The van der Waals surface area contributed by atoms with Crippen molar-refractivity contribution in [2.45, 2.75) is 31.1 Å². The van der Waals surface area contributed by atoms with Crippen molar-refractivity contribution in [1.82, 2.24) is 0 Å². The van der Waals surface area contributed by atoms with Gasteiger partial charge in [-0.15, -0.1) is 0 Å². The zero-order valence-electron chi connectivity index (χ0n) is 18.3. The standard InChI is InChI=1S/C27H27FN2O3/c28-21-14-12-18(13-15-21)24(22-6-2-3-7-23(22)30-16-4-1-5-17-30)25(26(29)31)19-8-10-20(11-9-19)27(32)33/h2-3,6-15,24-25H,1,4-5,16-17H2,(H2,29,31)(H,32,33). The van der Waals surface area contributed by atoms with Crippen molar-refractivity contribution < 1.29 is 19.1 Å². The monoisotopic (exact) mass is 446 g/mol. The minimum atomic E-state index is -1.04.